The third kappa shape index (κ3) is 3.71. The van der Waals surface area contributed by atoms with E-state index in [0.29, 0.717) is 17.3 Å². The van der Waals surface area contributed by atoms with Crippen LogP contribution in [0.1, 0.15) is 11.1 Å². The summed E-state index contributed by atoms with van der Waals surface area (Å²) in [5, 5.41) is 14.6. The number of benzene rings is 2. The quantitative estimate of drug-likeness (QED) is 0.668. The van der Waals surface area contributed by atoms with Crippen LogP contribution in [-0.4, -0.2) is 12.0 Å². The van der Waals surface area contributed by atoms with Gasteiger partial charge in [-0.2, -0.15) is 0 Å². The van der Waals surface area contributed by atoms with E-state index in [0.717, 1.165) is 11.1 Å². The van der Waals surface area contributed by atoms with Gasteiger partial charge in [0.15, 0.2) is 0 Å². The van der Waals surface area contributed by atoms with Gasteiger partial charge >= 0.3 is 5.69 Å². The Morgan fingerprint density at radius 2 is 2.00 bits per heavy atom. The summed E-state index contributed by atoms with van der Waals surface area (Å²) in [5.41, 5.74) is 1.68. The van der Waals surface area contributed by atoms with Gasteiger partial charge in [-0.15, -0.1) is 0 Å². The average Bonchev–Trinajstić information content (AvgIpc) is 2.42. The number of hydrogen-bond donors (Lipinski definition) is 1. The van der Waals surface area contributed by atoms with Crippen LogP contribution in [0.4, 0.5) is 5.69 Å². The Balaban J connectivity index is 2.44. The van der Waals surface area contributed by atoms with Crippen LogP contribution in [0.15, 0.2) is 36.4 Å². The predicted molar refractivity (Wildman–Crippen MR) is 82.1 cm³/mol. The number of hydrogen-bond acceptors (Lipinski definition) is 4. The molecule has 110 valence electrons. The fraction of sp³-hybridized carbons (Fsp3) is 0.200. The number of nitro groups is 1. The van der Waals surface area contributed by atoms with E-state index in [4.69, 9.17) is 16.3 Å². The van der Waals surface area contributed by atoms with Crippen molar-refractivity contribution in [3.63, 3.8) is 0 Å². The number of nitro benzene ring substituents is 1. The summed E-state index contributed by atoms with van der Waals surface area (Å²) in [6.07, 6.45) is 0. The molecule has 0 bridgehead atoms. The molecule has 0 aromatic heterocycles. The summed E-state index contributed by atoms with van der Waals surface area (Å²) >= 11 is 5.98. The maximum Gasteiger partial charge on any atom is 0.311 e. The van der Waals surface area contributed by atoms with Crippen LogP contribution >= 0.6 is 11.6 Å². The molecule has 0 saturated heterocycles. The number of nitrogens with zero attached hydrogens (tertiary/aromatic N) is 1. The van der Waals surface area contributed by atoms with E-state index in [1.165, 1.54) is 6.07 Å². The molecule has 2 aromatic rings. The van der Waals surface area contributed by atoms with Crippen molar-refractivity contribution >= 4 is 17.3 Å². The lowest BCUT2D eigenvalue weighted by atomic mass is 10.2. The summed E-state index contributed by atoms with van der Waals surface area (Å²) in [4.78, 5) is 10.6. The molecule has 1 N–H and O–H groups in total. The average molecular weight is 307 g/mol. The molecule has 21 heavy (non-hydrogen) atoms. The van der Waals surface area contributed by atoms with Crippen molar-refractivity contribution < 1.29 is 9.66 Å². The molecular formula is C15H15ClN2O3. The van der Waals surface area contributed by atoms with Crippen LogP contribution in [0.5, 0.6) is 11.5 Å². The molecule has 0 aliphatic heterocycles. The Labute approximate surface area is 127 Å². The van der Waals surface area contributed by atoms with Crippen LogP contribution in [-0.2, 0) is 6.54 Å². The van der Waals surface area contributed by atoms with Crippen molar-refractivity contribution in [1.82, 2.24) is 5.32 Å². The topological polar surface area (TPSA) is 64.4 Å². The smallest absolute Gasteiger partial charge is 0.311 e. The number of nitrogens with one attached hydrogen (secondary N) is 1. The van der Waals surface area contributed by atoms with E-state index < -0.39 is 4.92 Å². The Hall–Kier alpha value is -2.11. The minimum absolute atomic E-state index is 0.0732. The molecule has 0 amide bonds. The second kappa shape index (κ2) is 6.56. The third-order valence-electron chi connectivity index (χ3n) is 2.93. The molecule has 0 fully saturated rings. The summed E-state index contributed by atoms with van der Waals surface area (Å²) in [5.74, 6) is 0.713. The van der Waals surface area contributed by atoms with E-state index in [1.807, 2.05) is 20.0 Å². The molecule has 0 saturated carbocycles. The molecule has 0 unspecified atom stereocenters. The standard InChI is InChI=1S/C15H15ClN2O3/c1-10-3-6-13(18(19)20)15(7-10)21-14-8-12(16)5-4-11(14)9-17-2/h3-8,17H,9H2,1-2H3. The normalized spacial score (nSPS) is 10.4. The number of ether oxygens (including phenoxy) is 1. The van der Waals surface area contributed by atoms with Gasteiger partial charge in [0, 0.05) is 23.2 Å². The lowest BCUT2D eigenvalue weighted by molar-refractivity contribution is -0.385. The van der Waals surface area contributed by atoms with Crippen molar-refractivity contribution in [2.24, 2.45) is 0 Å². The highest BCUT2D eigenvalue weighted by Crippen LogP contribution is 2.34. The first-order valence-electron chi connectivity index (χ1n) is 6.37. The molecule has 6 heteroatoms. The van der Waals surface area contributed by atoms with Crippen molar-refractivity contribution in [3.8, 4) is 11.5 Å². The monoisotopic (exact) mass is 306 g/mol. The summed E-state index contributed by atoms with van der Waals surface area (Å²) in [7, 11) is 1.81. The van der Waals surface area contributed by atoms with Crippen LogP contribution in [0.3, 0.4) is 0 Å². The van der Waals surface area contributed by atoms with E-state index in [1.54, 1.807) is 24.3 Å². The Morgan fingerprint density at radius 1 is 1.24 bits per heavy atom. The van der Waals surface area contributed by atoms with E-state index in [-0.39, 0.29) is 11.4 Å². The van der Waals surface area contributed by atoms with Gasteiger partial charge < -0.3 is 10.1 Å². The van der Waals surface area contributed by atoms with Gasteiger partial charge in [-0.3, -0.25) is 10.1 Å². The van der Waals surface area contributed by atoms with Crippen LogP contribution in [0.25, 0.3) is 0 Å². The summed E-state index contributed by atoms with van der Waals surface area (Å²) < 4.78 is 5.75. The van der Waals surface area contributed by atoms with Crippen LogP contribution in [0, 0.1) is 17.0 Å². The minimum Gasteiger partial charge on any atom is -0.450 e. The third-order valence-corrected chi connectivity index (χ3v) is 3.16. The number of aryl methyl sites for hydroxylation is 1. The van der Waals surface area contributed by atoms with Crippen molar-refractivity contribution in [3.05, 3.63) is 62.7 Å². The lowest BCUT2D eigenvalue weighted by Crippen LogP contribution is -2.06. The van der Waals surface area contributed by atoms with Gasteiger partial charge in [0.2, 0.25) is 5.75 Å². The fourth-order valence-corrected chi connectivity index (χ4v) is 2.09. The van der Waals surface area contributed by atoms with Gasteiger partial charge in [0.05, 0.1) is 4.92 Å². The first kappa shape index (κ1) is 15.3. The largest absolute Gasteiger partial charge is 0.450 e. The van der Waals surface area contributed by atoms with Gasteiger partial charge in [-0.05, 0) is 37.7 Å². The van der Waals surface area contributed by atoms with Crippen LogP contribution in [0.2, 0.25) is 5.02 Å². The molecule has 0 aliphatic carbocycles. The molecule has 0 heterocycles. The van der Waals surface area contributed by atoms with E-state index in [9.17, 15) is 10.1 Å². The highest BCUT2D eigenvalue weighted by Gasteiger charge is 2.17. The van der Waals surface area contributed by atoms with Gasteiger partial charge in [-0.25, -0.2) is 0 Å². The number of rotatable bonds is 5. The van der Waals surface area contributed by atoms with Gasteiger partial charge in [0.25, 0.3) is 0 Å². The zero-order valence-electron chi connectivity index (χ0n) is 11.7. The highest BCUT2D eigenvalue weighted by molar-refractivity contribution is 6.30. The Morgan fingerprint density at radius 3 is 2.67 bits per heavy atom. The zero-order valence-corrected chi connectivity index (χ0v) is 12.5. The molecule has 0 aliphatic rings. The maximum absolute atomic E-state index is 11.1. The predicted octanol–water partition coefficient (Wildman–Crippen LogP) is 4.07. The van der Waals surface area contributed by atoms with E-state index in [2.05, 4.69) is 5.32 Å². The molecule has 0 spiro atoms. The SMILES string of the molecule is CNCc1ccc(Cl)cc1Oc1cc(C)ccc1[N+](=O)[O-]. The maximum atomic E-state index is 11.1. The molecule has 2 rings (SSSR count). The fourth-order valence-electron chi connectivity index (χ4n) is 1.93. The summed E-state index contributed by atoms with van der Waals surface area (Å²) in [6.45, 7) is 2.43. The summed E-state index contributed by atoms with van der Waals surface area (Å²) in [6, 6.07) is 9.99. The van der Waals surface area contributed by atoms with Crippen molar-refractivity contribution in [1.29, 1.82) is 0 Å². The molecule has 0 atom stereocenters. The first-order chi connectivity index (χ1) is 10.0. The molecular weight excluding hydrogens is 292 g/mol. The first-order valence-corrected chi connectivity index (χ1v) is 6.75. The highest BCUT2D eigenvalue weighted by atomic mass is 35.5. The molecule has 0 radical (unpaired) electrons. The van der Waals surface area contributed by atoms with Crippen molar-refractivity contribution in [2.45, 2.75) is 13.5 Å². The Kier molecular flexibility index (Phi) is 4.77. The van der Waals surface area contributed by atoms with Gasteiger partial charge in [-0.1, -0.05) is 23.7 Å². The zero-order chi connectivity index (χ0) is 15.4. The van der Waals surface area contributed by atoms with Crippen LogP contribution < -0.4 is 10.1 Å². The molecule has 2 aromatic carbocycles. The molecule has 5 nitrogen and oxygen atoms in total. The lowest BCUT2D eigenvalue weighted by Gasteiger charge is -2.12. The van der Waals surface area contributed by atoms with Gasteiger partial charge in [0.1, 0.15) is 5.75 Å². The Bertz CT molecular complexity index is 674. The minimum atomic E-state index is -0.461. The van der Waals surface area contributed by atoms with E-state index >= 15 is 0 Å². The second-order valence-electron chi connectivity index (χ2n) is 4.61. The second-order valence-corrected chi connectivity index (χ2v) is 5.05. The van der Waals surface area contributed by atoms with Crippen molar-refractivity contribution in [2.75, 3.05) is 7.05 Å². The number of halogens is 1.